The van der Waals surface area contributed by atoms with Crippen LogP contribution >= 0.6 is 23.2 Å². The zero-order valence-corrected chi connectivity index (χ0v) is 21.2. The maximum atomic E-state index is 12.7. The van der Waals surface area contributed by atoms with E-state index in [1.807, 2.05) is 19.1 Å². The van der Waals surface area contributed by atoms with E-state index in [2.05, 4.69) is 45.4 Å². The molecule has 0 saturated carbocycles. The third-order valence-electron chi connectivity index (χ3n) is 5.63. The molecule has 36 heavy (non-hydrogen) atoms. The summed E-state index contributed by atoms with van der Waals surface area (Å²) in [5, 5.41) is 13.4. The Morgan fingerprint density at radius 1 is 1.00 bits per heavy atom. The molecular weight excluding hydrogens is 501 g/mol. The first kappa shape index (κ1) is 23.8. The fraction of sp³-hybridized carbons (Fsp3) is 0.160. The highest BCUT2D eigenvalue weighted by Gasteiger charge is 2.18. The minimum Gasteiger partial charge on any atom is -0.482 e. The topological polar surface area (TPSA) is 99.7 Å². The lowest BCUT2D eigenvalue weighted by Crippen LogP contribution is -2.22. The number of aryl methyl sites for hydroxylation is 3. The number of halogens is 2. The number of hydrogen-bond acceptors (Lipinski definition) is 6. The molecule has 5 rings (SSSR count). The van der Waals surface area contributed by atoms with Gasteiger partial charge in [0.1, 0.15) is 17.9 Å². The Kier molecular flexibility index (Phi) is 6.34. The lowest BCUT2D eigenvalue weighted by molar-refractivity contribution is -0.118. The van der Waals surface area contributed by atoms with Crippen molar-refractivity contribution in [2.24, 2.45) is 0 Å². The monoisotopic (exact) mass is 521 g/mol. The average molecular weight is 522 g/mol. The van der Waals surface area contributed by atoms with Crippen molar-refractivity contribution in [2.45, 2.75) is 20.8 Å². The molecule has 0 atom stereocenters. The molecule has 9 nitrogen and oxygen atoms in total. The predicted octanol–water partition coefficient (Wildman–Crippen LogP) is 5.25. The number of carbonyl (C=O) groups excluding carboxylic acids is 1. The summed E-state index contributed by atoms with van der Waals surface area (Å²) in [6.45, 7) is 5.69. The third kappa shape index (κ3) is 4.62. The second kappa shape index (κ2) is 9.60. The Morgan fingerprint density at radius 2 is 1.83 bits per heavy atom. The highest BCUT2D eigenvalue weighted by atomic mass is 35.5. The van der Waals surface area contributed by atoms with E-state index in [1.54, 1.807) is 39.8 Å². The molecule has 0 fully saturated rings. The molecular formula is C25H21Cl2N7O2. The summed E-state index contributed by atoms with van der Waals surface area (Å²) in [6.07, 6.45) is 3.14. The molecule has 3 heterocycles. The molecule has 2 aromatic carbocycles. The number of fused-ring (bicyclic) bond motifs is 1. The van der Waals surface area contributed by atoms with Crippen LogP contribution < -0.4 is 10.1 Å². The Hall–Kier alpha value is -3.95. The van der Waals surface area contributed by atoms with Gasteiger partial charge in [-0.3, -0.25) is 4.79 Å². The largest absolute Gasteiger partial charge is 0.482 e. The van der Waals surface area contributed by atoms with E-state index >= 15 is 0 Å². The van der Waals surface area contributed by atoms with Crippen LogP contribution in [0.4, 0.5) is 5.82 Å². The molecule has 5 aromatic rings. The molecule has 0 unspecified atom stereocenters. The number of benzene rings is 2. The summed E-state index contributed by atoms with van der Waals surface area (Å²) in [5.41, 5.74) is 4.55. The van der Waals surface area contributed by atoms with Crippen LogP contribution in [0.25, 0.3) is 22.5 Å². The van der Waals surface area contributed by atoms with E-state index in [0.717, 1.165) is 11.3 Å². The van der Waals surface area contributed by atoms with Gasteiger partial charge in [0.25, 0.3) is 5.91 Å². The molecule has 11 heteroatoms. The Balaban J connectivity index is 1.43. The van der Waals surface area contributed by atoms with Gasteiger partial charge in [0.2, 0.25) is 0 Å². The molecule has 0 aliphatic heterocycles. The van der Waals surface area contributed by atoms with E-state index in [-0.39, 0.29) is 6.61 Å². The maximum absolute atomic E-state index is 12.7. The molecule has 182 valence electrons. The molecule has 0 radical (unpaired) electrons. The number of nitrogens with zero attached hydrogens (tertiary/aromatic N) is 6. The summed E-state index contributed by atoms with van der Waals surface area (Å²) < 4.78 is 8.86. The standard InChI is InChI=1S/C25H21Cl2N7O2/c1-14-4-6-18(8-15(14)2)33-24-19(11-30-33)25(29-13-28-24)34-22(9-16(3)32-34)31-23(35)12-36-21-7-5-17(26)10-20(21)27/h4-11,13H,12H2,1-3H3,(H,31,35). The fourth-order valence-corrected chi connectivity index (χ4v) is 4.17. The third-order valence-corrected chi connectivity index (χ3v) is 6.16. The van der Waals surface area contributed by atoms with Gasteiger partial charge in [-0.15, -0.1) is 0 Å². The number of carbonyl (C=O) groups is 1. The minimum absolute atomic E-state index is 0.254. The van der Waals surface area contributed by atoms with Gasteiger partial charge < -0.3 is 10.1 Å². The first-order chi connectivity index (χ1) is 17.3. The number of nitrogens with one attached hydrogen (secondary N) is 1. The van der Waals surface area contributed by atoms with Crippen LogP contribution in [0.2, 0.25) is 10.0 Å². The van der Waals surface area contributed by atoms with Crippen molar-refractivity contribution in [1.29, 1.82) is 0 Å². The lowest BCUT2D eigenvalue weighted by atomic mass is 10.1. The summed E-state index contributed by atoms with van der Waals surface area (Å²) in [5.74, 6) is 0.887. The molecule has 0 saturated heterocycles. The fourth-order valence-electron chi connectivity index (χ4n) is 3.71. The van der Waals surface area contributed by atoms with Crippen LogP contribution in [0.1, 0.15) is 16.8 Å². The first-order valence-corrected chi connectivity index (χ1v) is 11.8. The molecule has 1 N–H and O–H groups in total. The van der Waals surface area contributed by atoms with Crippen molar-refractivity contribution in [3.8, 4) is 17.3 Å². The Labute approximate surface area is 216 Å². The van der Waals surface area contributed by atoms with Gasteiger partial charge in [0.15, 0.2) is 18.1 Å². The van der Waals surface area contributed by atoms with Crippen LogP contribution in [0.3, 0.4) is 0 Å². The van der Waals surface area contributed by atoms with Gasteiger partial charge in [-0.1, -0.05) is 29.3 Å². The first-order valence-electron chi connectivity index (χ1n) is 11.0. The smallest absolute Gasteiger partial charge is 0.263 e. The molecule has 0 aliphatic rings. The minimum atomic E-state index is -0.390. The van der Waals surface area contributed by atoms with Gasteiger partial charge >= 0.3 is 0 Å². The normalized spacial score (nSPS) is 11.1. The number of rotatable bonds is 6. The second-order valence-corrected chi connectivity index (χ2v) is 9.10. The molecule has 3 aromatic heterocycles. The van der Waals surface area contributed by atoms with Crippen LogP contribution in [0.5, 0.6) is 5.75 Å². The van der Waals surface area contributed by atoms with E-state index < -0.39 is 5.91 Å². The van der Waals surface area contributed by atoms with Crippen molar-refractivity contribution >= 4 is 46.0 Å². The van der Waals surface area contributed by atoms with Gasteiger partial charge in [-0.25, -0.2) is 14.6 Å². The van der Waals surface area contributed by atoms with Crippen LogP contribution in [0.15, 0.2) is 55.0 Å². The van der Waals surface area contributed by atoms with Crippen molar-refractivity contribution < 1.29 is 9.53 Å². The molecule has 0 aliphatic carbocycles. The summed E-state index contributed by atoms with van der Waals surface area (Å²) in [7, 11) is 0. The van der Waals surface area contributed by atoms with Gasteiger partial charge in [0, 0.05) is 11.1 Å². The van der Waals surface area contributed by atoms with Crippen molar-refractivity contribution in [3.63, 3.8) is 0 Å². The van der Waals surface area contributed by atoms with Gasteiger partial charge in [-0.05, 0) is 62.2 Å². The highest BCUT2D eigenvalue weighted by Crippen LogP contribution is 2.28. The number of ether oxygens (including phenoxy) is 1. The number of amides is 1. The molecule has 0 bridgehead atoms. The predicted molar refractivity (Wildman–Crippen MR) is 139 cm³/mol. The highest BCUT2D eigenvalue weighted by molar-refractivity contribution is 6.35. The maximum Gasteiger partial charge on any atom is 0.263 e. The zero-order chi connectivity index (χ0) is 25.4. The molecule has 1 amide bonds. The van der Waals surface area contributed by atoms with Crippen LogP contribution in [-0.4, -0.2) is 42.0 Å². The Morgan fingerprint density at radius 3 is 2.61 bits per heavy atom. The van der Waals surface area contributed by atoms with E-state index in [9.17, 15) is 4.79 Å². The van der Waals surface area contributed by atoms with E-state index in [1.165, 1.54) is 11.9 Å². The van der Waals surface area contributed by atoms with E-state index in [4.69, 9.17) is 27.9 Å². The lowest BCUT2D eigenvalue weighted by Gasteiger charge is -2.11. The van der Waals surface area contributed by atoms with Crippen LogP contribution in [0, 0.1) is 20.8 Å². The summed E-state index contributed by atoms with van der Waals surface area (Å²) >= 11 is 12.0. The van der Waals surface area contributed by atoms with E-state index in [0.29, 0.717) is 44.2 Å². The van der Waals surface area contributed by atoms with Gasteiger partial charge in [-0.2, -0.15) is 14.9 Å². The number of aromatic nitrogens is 6. The summed E-state index contributed by atoms with van der Waals surface area (Å²) in [4.78, 5) is 21.6. The number of hydrogen-bond donors (Lipinski definition) is 1. The average Bonchev–Trinajstić information content (AvgIpc) is 3.43. The van der Waals surface area contributed by atoms with Crippen molar-refractivity contribution in [2.75, 3.05) is 11.9 Å². The Bertz CT molecular complexity index is 1610. The van der Waals surface area contributed by atoms with Crippen molar-refractivity contribution in [3.05, 3.63) is 81.9 Å². The van der Waals surface area contributed by atoms with Gasteiger partial charge in [0.05, 0.1) is 28.0 Å². The quantitative estimate of drug-likeness (QED) is 0.327. The summed E-state index contributed by atoms with van der Waals surface area (Å²) in [6, 6.07) is 12.6. The van der Waals surface area contributed by atoms with Crippen molar-refractivity contribution in [1.82, 2.24) is 29.5 Å². The second-order valence-electron chi connectivity index (χ2n) is 8.25. The van der Waals surface area contributed by atoms with Crippen LogP contribution in [-0.2, 0) is 4.79 Å². The number of anilines is 1. The molecule has 0 spiro atoms. The SMILES string of the molecule is Cc1cc(NC(=O)COc2ccc(Cl)cc2Cl)n(-c2ncnc3c2cnn3-c2ccc(C)c(C)c2)n1. The zero-order valence-electron chi connectivity index (χ0n) is 19.7.